The van der Waals surface area contributed by atoms with Crippen molar-refractivity contribution in [2.45, 2.75) is 20.0 Å². The summed E-state index contributed by atoms with van der Waals surface area (Å²) in [4.78, 5) is 0. The number of hydrogen-bond donors (Lipinski definition) is 1. The molecule has 1 aromatic heterocycles. The quantitative estimate of drug-likeness (QED) is 0.865. The van der Waals surface area contributed by atoms with E-state index in [2.05, 4.69) is 15.9 Å². The van der Waals surface area contributed by atoms with Crippen LogP contribution in [0.4, 0.5) is 0 Å². The van der Waals surface area contributed by atoms with Crippen molar-refractivity contribution in [2.75, 3.05) is 13.2 Å². The van der Waals surface area contributed by atoms with Crippen molar-refractivity contribution in [3.05, 3.63) is 46.3 Å². The maximum Gasteiger partial charge on any atom is 0.162 e. The van der Waals surface area contributed by atoms with Crippen LogP contribution in [0.2, 0.25) is 0 Å². The summed E-state index contributed by atoms with van der Waals surface area (Å²) in [7, 11) is 0. The molecule has 1 heterocycles. The predicted molar refractivity (Wildman–Crippen MR) is 79.2 cm³/mol. The largest absolute Gasteiger partial charge is 0.490 e. The van der Waals surface area contributed by atoms with Crippen molar-refractivity contribution in [3.63, 3.8) is 0 Å². The first-order valence-electron chi connectivity index (χ1n) is 6.47. The van der Waals surface area contributed by atoms with Crippen molar-refractivity contribution >= 4 is 15.9 Å². The van der Waals surface area contributed by atoms with Gasteiger partial charge in [0.2, 0.25) is 0 Å². The number of aliphatic hydroxyl groups excluding tert-OH is 1. The molecule has 4 nitrogen and oxygen atoms in total. The molecule has 1 N–H and O–H groups in total. The molecule has 0 aliphatic heterocycles. The molecule has 0 fully saturated rings. The second-order valence-electron chi connectivity index (χ2n) is 4.10. The van der Waals surface area contributed by atoms with Crippen LogP contribution in [-0.4, -0.2) is 18.3 Å². The van der Waals surface area contributed by atoms with Gasteiger partial charge in [-0.1, -0.05) is 15.9 Å². The molecule has 0 bridgehead atoms. The number of halogens is 1. The number of hydrogen-bond acceptors (Lipinski definition) is 4. The fraction of sp³-hybridized carbons (Fsp3) is 0.333. The Morgan fingerprint density at radius 1 is 1.20 bits per heavy atom. The van der Waals surface area contributed by atoms with Crippen LogP contribution >= 0.6 is 15.9 Å². The van der Waals surface area contributed by atoms with E-state index in [0.717, 1.165) is 4.47 Å². The minimum Gasteiger partial charge on any atom is -0.490 e. The highest BCUT2D eigenvalue weighted by molar-refractivity contribution is 9.10. The van der Waals surface area contributed by atoms with E-state index in [1.54, 1.807) is 24.3 Å². The lowest BCUT2D eigenvalue weighted by Crippen LogP contribution is -2.03. The van der Waals surface area contributed by atoms with Gasteiger partial charge in [0.1, 0.15) is 11.9 Å². The van der Waals surface area contributed by atoms with E-state index in [9.17, 15) is 5.11 Å². The maximum atomic E-state index is 10.4. The maximum absolute atomic E-state index is 10.4. The first kappa shape index (κ1) is 14.9. The average Bonchev–Trinajstić information content (AvgIpc) is 2.95. The molecule has 0 spiro atoms. The van der Waals surface area contributed by atoms with Crippen LogP contribution in [0.3, 0.4) is 0 Å². The summed E-state index contributed by atoms with van der Waals surface area (Å²) in [5, 5.41) is 10.4. The van der Waals surface area contributed by atoms with Gasteiger partial charge in [0.05, 0.1) is 19.5 Å². The van der Waals surface area contributed by atoms with E-state index in [-0.39, 0.29) is 0 Å². The van der Waals surface area contributed by atoms with E-state index in [4.69, 9.17) is 13.9 Å². The van der Waals surface area contributed by atoms with Gasteiger partial charge in [-0.05, 0) is 38.1 Å². The Bertz CT molecular complexity index is 551. The van der Waals surface area contributed by atoms with Crippen molar-refractivity contribution in [1.82, 2.24) is 0 Å². The van der Waals surface area contributed by atoms with E-state index >= 15 is 0 Å². The molecule has 1 unspecified atom stereocenters. The Morgan fingerprint density at radius 3 is 2.40 bits per heavy atom. The van der Waals surface area contributed by atoms with Crippen LogP contribution in [0.5, 0.6) is 11.5 Å². The Balaban J connectivity index is 2.40. The lowest BCUT2D eigenvalue weighted by atomic mass is 10.1. The zero-order valence-electron chi connectivity index (χ0n) is 11.4. The Labute approximate surface area is 126 Å². The first-order valence-corrected chi connectivity index (χ1v) is 7.27. The van der Waals surface area contributed by atoms with Crippen LogP contribution in [0.1, 0.15) is 31.3 Å². The summed E-state index contributed by atoms with van der Waals surface area (Å²) in [6.45, 7) is 4.89. The molecular weight excluding hydrogens is 324 g/mol. The van der Waals surface area contributed by atoms with E-state index in [1.165, 1.54) is 6.26 Å². The zero-order chi connectivity index (χ0) is 14.5. The summed E-state index contributed by atoms with van der Waals surface area (Å²) < 4.78 is 17.1. The molecule has 0 radical (unpaired) electrons. The SMILES string of the molecule is CCOc1cc(Br)c(C(O)c2ccco2)cc1OCC. The van der Waals surface area contributed by atoms with Crippen LogP contribution in [-0.2, 0) is 0 Å². The minimum absolute atomic E-state index is 0.484. The summed E-state index contributed by atoms with van der Waals surface area (Å²) >= 11 is 3.45. The van der Waals surface area contributed by atoms with Gasteiger partial charge in [-0.2, -0.15) is 0 Å². The molecule has 1 aromatic carbocycles. The van der Waals surface area contributed by atoms with Crippen LogP contribution in [0, 0.1) is 0 Å². The highest BCUT2D eigenvalue weighted by atomic mass is 79.9. The Kier molecular flexibility index (Phi) is 5.09. The van der Waals surface area contributed by atoms with E-state index < -0.39 is 6.10 Å². The number of benzene rings is 1. The summed E-state index contributed by atoms with van der Waals surface area (Å²) in [6, 6.07) is 7.04. The third kappa shape index (κ3) is 3.16. The van der Waals surface area contributed by atoms with Gasteiger partial charge in [0.15, 0.2) is 11.5 Å². The molecule has 0 aliphatic rings. The molecule has 20 heavy (non-hydrogen) atoms. The fourth-order valence-corrected chi connectivity index (χ4v) is 2.44. The number of furan rings is 1. The van der Waals surface area contributed by atoms with Gasteiger partial charge in [0, 0.05) is 10.0 Å². The zero-order valence-corrected chi connectivity index (χ0v) is 13.0. The molecule has 1 atom stereocenters. The van der Waals surface area contributed by atoms with Gasteiger partial charge in [-0.15, -0.1) is 0 Å². The summed E-state index contributed by atoms with van der Waals surface area (Å²) in [5.74, 6) is 1.74. The molecule has 108 valence electrons. The van der Waals surface area contributed by atoms with Crippen molar-refractivity contribution in [3.8, 4) is 11.5 Å². The smallest absolute Gasteiger partial charge is 0.162 e. The standard InChI is InChI=1S/C15H17BrO4/c1-3-18-13-8-10(11(16)9-14(13)19-4-2)15(17)12-6-5-7-20-12/h5-9,15,17H,3-4H2,1-2H3. The van der Waals surface area contributed by atoms with Crippen molar-refractivity contribution < 1.29 is 19.0 Å². The molecule has 0 saturated carbocycles. The van der Waals surface area contributed by atoms with Crippen LogP contribution in [0.15, 0.2) is 39.4 Å². The molecule has 0 aliphatic carbocycles. The van der Waals surface area contributed by atoms with Gasteiger partial charge in [-0.25, -0.2) is 0 Å². The van der Waals surface area contributed by atoms with Gasteiger partial charge < -0.3 is 19.0 Å². The minimum atomic E-state index is -0.853. The highest BCUT2D eigenvalue weighted by Crippen LogP contribution is 2.38. The van der Waals surface area contributed by atoms with Gasteiger partial charge in [0.25, 0.3) is 0 Å². The molecule has 2 aromatic rings. The number of aliphatic hydroxyl groups is 1. The third-order valence-corrected chi connectivity index (χ3v) is 3.46. The third-order valence-electron chi connectivity index (χ3n) is 2.77. The lowest BCUT2D eigenvalue weighted by molar-refractivity contribution is 0.187. The van der Waals surface area contributed by atoms with Crippen molar-refractivity contribution in [1.29, 1.82) is 0 Å². The molecular formula is C15H17BrO4. The molecule has 2 rings (SSSR count). The summed E-state index contributed by atoms with van der Waals surface area (Å²) in [6.07, 6.45) is 0.680. The van der Waals surface area contributed by atoms with E-state index in [0.29, 0.717) is 36.0 Å². The Hall–Kier alpha value is -1.46. The monoisotopic (exact) mass is 340 g/mol. The normalized spacial score (nSPS) is 12.2. The number of rotatable bonds is 6. The van der Waals surface area contributed by atoms with E-state index in [1.807, 2.05) is 13.8 Å². The first-order chi connectivity index (χ1) is 9.67. The lowest BCUT2D eigenvalue weighted by Gasteiger charge is -2.16. The molecule has 5 heteroatoms. The molecule has 0 amide bonds. The number of ether oxygens (including phenoxy) is 2. The molecule has 0 saturated heterocycles. The Morgan fingerprint density at radius 2 is 1.85 bits per heavy atom. The second-order valence-corrected chi connectivity index (χ2v) is 4.96. The van der Waals surface area contributed by atoms with Crippen molar-refractivity contribution in [2.24, 2.45) is 0 Å². The predicted octanol–water partition coefficient (Wildman–Crippen LogP) is 3.92. The van der Waals surface area contributed by atoms with Crippen LogP contribution < -0.4 is 9.47 Å². The van der Waals surface area contributed by atoms with Gasteiger partial charge >= 0.3 is 0 Å². The van der Waals surface area contributed by atoms with Gasteiger partial charge in [-0.3, -0.25) is 0 Å². The van der Waals surface area contributed by atoms with Crippen LogP contribution in [0.25, 0.3) is 0 Å². The average molecular weight is 341 g/mol. The fourth-order valence-electron chi connectivity index (χ4n) is 1.90. The topological polar surface area (TPSA) is 51.8 Å². The second kappa shape index (κ2) is 6.81. The summed E-state index contributed by atoms with van der Waals surface area (Å²) in [5.41, 5.74) is 0.673. The highest BCUT2D eigenvalue weighted by Gasteiger charge is 2.19.